The normalized spacial score (nSPS) is 22.6. The molecule has 1 aliphatic rings. The quantitative estimate of drug-likeness (QED) is 0.703. The fourth-order valence-electron chi connectivity index (χ4n) is 1.52. The molecule has 1 saturated heterocycles. The number of rotatable bonds is 3. The van der Waals surface area contributed by atoms with Gasteiger partial charge in [-0.2, -0.15) is 4.37 Å². The molecule has 0 amide bonds. The minimum atomic E-state index is -0.512. The zero-order valence-corrected chi connectivity index (χ0v) is 10.8. The van der Waals surface area contributed by atoms with Crippen molar-refractivity contribution in [1.82, 2.24) is 9.69 Å². The van der Waals surface area contributed by atoms with E-state index in [0.717, 1.165) is 23.7 Å². The van der Waals surface area contributed by atoms with E-state index in [2.05, 4.69) is 35.8 Å². The van der Waals surface area contributed by atoms with Crippen LogP contribution in [0.2, 0.25) is 0 Å². The van der Waals surface area contributed by atoms with Crippen LogP contribution < -0.4 is 10.6 Å². The zero-order valence-electron chi connectivity index (χ0n) is 9.95. The molecular formula is C11H19N3OS. The Bertz CT molecular complexity index is 354. The van der Waals surface area contributed by atoms with E-state index < -0.39 is 6.23 Å². The van der Waals surface area contributed by atoms with Crippen LogP contribution in [0.1, 0.15) is 32.9 Å². The molecule has 0 saturated carbocycles. The van der Waals surface area contributed by atoms with Crippen LogP contribution in [0.15, 0.2) is 6.07 Å². The molecule has 16 heavy (non-hydrogen) atoms. The zero-order chi connectivity index (χ0) is 11.8. The molecule has 0 aromatic carbocycles. The highest BCUT2D eigenvalue weighted by molar-refractivity contribution is 7.10. The molecule has 1 fully saturated rings. The van der Waals surface area contributed by atoms with Gasteiger partial charge >= 0.3 is 0 Å². The Morgan fingerprint density at radius 2 is 2.31 bits per heavy atom. The van der Waals surface area contributed by atoms with Gasteiger partial charge in [0, 0.05) is 5.41 Å². The largest absolute Gasteiger partial charge is 0.372 e. The van der Waals surface area contributed by atoms with E-state index in [4.69, 9.17) is 0 Å². The summed E-state index contributed by atoms with van der Waals surface area (Å²) in [6.45, 7) is 7.40. The number of nitrogens with zero attached hydrogens (tertiary/aromatic N) is 1. The van der Waals surface area contributed by atoms with Crippen LogP contribution in [0.4, 0.5) is 5.00 Å². The number of aromatic nitrogens is 1. The minimum absolute atomic E-state index is 0.0656. The predicted octanol–water partition coefficient (Wildman–Crippen LogP) is 1.53. The molecule has 0 bridgehead atoms. The summed E-state index contributed by atoms with van der Waals surface area (Å²) in [5.74, 6) is 0. The van der Waals surface area contributed by atoms with Crippen molar-refractivity contribution in [2.75, 3.05) is 11.9 Å². The second-order valence-electron chi connectivity index (χ2n) is 5.26. The molecule has 1 aromatic rings. The Balaban J connectivity index is 1.97. The van der Waals surface area contributed by atoms with Crippen LogP contribution in [-0.2, 0) is 5.41 Å². The van der Waals surface area contributed by atoms with Crippen LogP contribution in [-0.4, -0.2) is 28.3 Å². The van der Waals surface area contributed by atoms with Crippen molar-refractivity contribution >= 4 is 16.5 Å². The molecule has 2 heterocycles. The summed E-state index contributed by atoms with van der Waals surface area (Å²) in [5, 5.41) is 17.0. The van der Waals surface area contributed by atoms with Crippen molar-refractivity contribution in [1.29, 1.82) is 0 Å². The maximum Gasteiger partial charge on any atom is 0.140 e. The highest BCUT2D eigenvalue weighted by atomic mass is 32.1. The molecule has 0 spiro atoms. The first-order valence-electron chi connectivity index (χ1n) is 5.62. The summed E-state index contributed by atoms with van der Waals surface area (Å²) >= 11 is 1.41. The van der Waals surface area contributed by atoms with E-state index >= 15 is 0 Å². The number of hydrogen-bond donors (Lipinski definition) is 3. The fourth-order valence-corrected chi connectivity index (χ4v) is 2.38. The average Bonchev–Trinajstić information content (AvgIpc) is 2.47. The van der Waals surface area contributed by atoms with Crippen LogP contribution in [0.25, 0.3) is 0 Å². The third-order valence-corrected chi connectivity index (χ3v) is 3.53. The van der Waals surface area contributed by atoms with Gasteiger partial charge in [0.15, 0.2) is 0 Å². The monoisotopic (exact) mass is 241 g/mol. The molecule has 90 valence electrons. The molecule has 0 aliphatic carbocycles. The summed E-state index contributed by atoms with van der Waals surface area (Å²) in [6.07, 6.45) is 0.515. The maximum atomic E-state index is 9.84. The summed E-state index contributed by atoms with van der Waals surface area (Å²) in [6, 6.07) is 2.20. The highest BCUT2D eigenvalue weighted by Gasteiger charge is 2.25. The number of anilines is 1. The third-order valence-electron chi connectivity index (χ3n) is 2.81. The van der Waals surface area contributed by atoms with Crippen molar-refractivity contribution in [3.63, 3.8) is 0 Å². The lowest BCUT2D eigenvalue weighted by Gasteiger charge is -2.32. The van der Waals surface area contributed by atoms with Crippen molar-refractivity contribution in [2.24, 2.45) is 0 Å². The Morgan fingerprint density at radius 3 is 2.75 bits per heavy atom. The van der Waals surface area contributed by atoms with E-state index in [1.165, 1.54) is 11.5 Å². The van der Waals surface area contributed by atoms with Crippen LogP contribution >= 0.6 is 11.5 Å². The summed E-state index contributed by atoms with van der Waals surface area (Å²) in [5.41, 5.74) is 1.13. The molecule has 3 N–H and O–H groups in total. The Morgan fingerprint density at radius 1 is 1.62 bits per heavy atom. The molecule has 2 atom stereocenters. The molecule has 0 radical (unpaired) electrons. The topological polar surface area (TPSA) is 57.2 Å². The molecule has 1 unspecified atom stereocenters. The van der Waals surface area contributed by atoms with Crippen molar-refractivity contribution in [3.05, 3.63) is 11.8 Å². The number of aliphatic hydroxyl groups excluding tert-OH is 1. The van der Waals surface area contributed by atoms with Gasteiger partial charge in [-0.25, -0.2) is 0 Å². The first-order valence-corrected chi connectivity index (χ1v) is 6.39. The summed E-state index contributed by atoms with van der Waals surface area (Å²) in [7, 11) is 0. The first kappa shape index (κ1) is 11.8. The van der Waals surface area contributed by atoms with Gasteiger partial charge in [-0.15, -0.1) is 0 Å². The number of nitrogens with one attached hydrogen (secondary N) is 2. The number of hydrogen-bond acceptors (Lipinski definition) is 5. The molecule has 2 rings (SSSR count). The van der Waals surface area contributed by atoms with Crippen molar-refractivity contribution in [3.8, 4) is 0 Å². The van der Waals surface area contributed by atoms with Crippen LogP contribution in [0, 0.1) is 0 Å². The van der Waals surface area contributed by atoms with Gasteiger partial charge in [-0.3, -0.25) is 0 Å². The van der Waals surface area contributed by atoms with Gasteiger partial charge in [0.25, 0.3) is 0 Å². The lowest BCUT2D eigenvalue weighted by atomic mass is 9.92. The molecule has 5 heteroatoms. The second kappa shape index (κ2) is 4.31. The van der Waals surface area contributed by atoms with Gasteiger partial charge in [0.05, 0.1) is 11.7 Å². The first-order chi connectivity index (χ1) is 7.47. The van der Waals surface area contributed by atoms with Gasteiger partial charge in [-0.05, 0) is 30.6 Å². The average molecular weight is 241 g/mol. The van der Waals surface area contributed by atoms with E-state index in [1.807, 2.05) is 6.07 Å². The summed E-state index contributed by atoms with van der Waals surface area (Å²) in [4.78, 5) is 0. The van der Waals surface area contributed by atoms with E-state index in [-0.39, 0.29) is 11.5 Å². The summed E-state index contributed by atoms with van der Waals surface area (Å²) < 4.78 is 4.39. The molecule has 1 aliphatic heterocycles. The number of aliphatic hydroxyl groups is 1. The maximum absolute atomic E-state index is 9.84. The van der Waals surface area contributed by atoms with E-state index in [1.54, 1.807) is 0 Å². The predicted molar refractivity (Wildman–Crippen MR) is 66.9 cm³/mol. The van der Waals surface area contributed by atoms with Crippen molar-refractivity contribution in [2.45, 2.75) is 44.9 Å². The smallest absolute Gasteiger partial charge is 0.140 e. The molecular weight excluding hydrogens is 222 g/mol. The molecule has 1 aromatic heterocycles. The highest BCUT2D eigenvalue weighted by Crippen LogP contribution is 2.27. The lowest BCUT2D eigenvalue weighted by molar-refractivity contribution is 0.119. The van der Waals surface area contributed by atoms with Crippen LogP contribution in [0.5, 0.6) is 0 Å². The Hall–Kier alpha value is -0.650. The molecule has 4 nitrogen and oxygen atoms in total. The third kappa shape index (κ3) is 2.53. The van der Waals surface area contributed by atoms with E-state index in [0.29, 0.717) is 0 Å². The fraction of sp³-hybridized carbons (Fsp3) is 0.727. The van der Waals surface area contributed by atoms with Gasteiger partial charge < -0.3 is 15.7 Å². The van der Waals surface area contributed by atoms with Crippen molar-refractivity contribution < 1.29 is 5.11 Å². The van der Waals surface area contributed by atoms with Crippen LogP contribution in [0.3, 0.4) is 0 Å². The second-order valence-corrected chi connectivity index (χ2v) is 6.07. The van der Waals surface area contributed by atoms with Gasteiger partial charge in [0.2, 0.25) is 0 Å². The Labute approximate surface area is 100 Å². The Kier molecular flexibility index (Phi) is 3.19. The van der Waals surface area contributed by atoms with Gasteiger partial charge in [-0.1, -0.05) is 20.8 Å². The minimum Gasteiger partial charge on any atom is -0.372 e. The standard InChI is InChI=1S/C11H19N3OS/c1-11(2,3)8-6-9(16-14-8)13-10(15)7-4-5-12-7/h6-7,10,12-13,15H,4-5H2,1-3H3/t7-,10?/m0/s1. The van der Waals surface area contributed by atoms with E-state index in [9.17, 15) is 5.11 Å². The lowest BCUT2D eigenvalue weighted by Crippen LogP contribution is -2.53. The van der Waals surface area contributed by atoms with Gasteiger partial charge in [0.1, 0.15) is 11.2 Å². The SMILES string of the molecule is CC(C)(C)c1cc(NC(O)[C@@H]2CCN2)sn1.